The summed E-state index contributed by atoms with van der Waals surface area (Å²) in [6.45, 7) is 1.69. The summed E-state index contributed by atoms with van der Waals surface area (Å²) in [4.78, 5) is 11.4. The lowest BCUT2D eigenvalue weighted by atomic mass is 10.1. The molecule has 0 fully saturated rings. The van der Waals surface area contributed by atoms with E-state index in [1.54, 1.807) is 25.1 Å². The number of hydrazine groups is 1. The highest BCUT2D eigenvalue weighted by Gasteiger charge is 2.23. The molecule has 86 valence electrons. The molecule has 0 bridgehead atoms. The van der Waals surface area contributed by atoms with Gasteiger partial charge in [0.1, 0.15) is 5.75 Å². The van der Waals surface area contributed by atoms with Crippen molar-refractivity contribution >= 4 is 11.6 Å². The molecule has 6 N–H and O–H groups in total. The van der Waals surface area contributed by atoms with Gasteiger partial charge in [0.2, 0.25) is 0 Å². The van der Waals surface area contributed by atoms with Gasteiger partial charge in [0.05, 0.1) is 11.9 Å². The highest BCUT2D eigenvalue weighted by atomic mass is 16.5. The third kappa shape index (κ3) is 1.85. The fraction of sp³-hybridized carbons (Fsp3) is 0.300. The summed E-state index contributed by atoms with van der Waals surface area (Å²) in [5, 5.41) is 2.74. The first kappa shape index (κ1) is 10.9. The van der Waals surface area contributed by atoms with E-state index >= 15 is 0 Å². The lowest BCUT2D eigenvalue weighted by molar-refractivity contribution is -0.122. The van der Waals surface area contributed by atoms with Crippen molar-refractivity contribution in [2.24, 2.45) is 11.6 Å². The third-order valence-corrected chi connectivity index (χ3v) is 2.47. The molecule has 0 aromatic heterocycles. The van der Waals surface area contributed by atoms with E-state index in [4.69, 9.17) is 16.3 Å². The number of anilines is 1. The zero-order valence-electron chi connectivity index (χ0n) is 8.86. The van der Waals surface area contributed by atoms with Crippen LogP contribution in [-0.2, 0) is 4.79 Å². The largest absolute Gasteiger partial charge is 0.479 e. The van der Waals surface area contributed by atoms with Crippen molar-refractivity contribution in [3.05, 3.63) is 23.8 Å². The van der Waals surface area contributed by atoms with Crippen LogP contribution in [0, 0.1) is 0 Å². The zero-order valence-corrected chi connectivity index (χ0v) is 8.86. The molecular weight excluding hydrogens is 208 g/mol. The maximum absolute atomic E-state index is 11.4. The van der Waals surface area contributed by atoms with E-state index in [1.807, 2.05) is 0 Å². The molecule has 6 heteroatoms. The number of hydrogen-bond acceptors (Lipinski definition) is 5. The molecule has 1 amide bonds. The standard InChI is InChI=1S/C10H14N4O2/c1-5-10(15)13-7-4-6(9(11)14-12)2-3-8(7)16-5/h2-5,9,14H,11-12H2,1H3,(H,13,15). The Morgan fingerprint density at radius 3 is 3.00 bits per heavy atom. The minimum absolute atomic E-state index is 0.168. The van der Waals surface area contributed by atoms with Gasteiger partial charge in [-0.15, -0.1) is 0 Å². The lowest BCUT2D eigenvalue weighted by Crippen LogP contribution is -2.36. The van der Waals surface area contributed by atoms with Crippen LogP contribution in [0.25, 0.3) is 0 Å². The molecule has 2 unspecified atom stereocenters. The highest BCUT2D eigenvalue weighted by molar-refractivity contribution is 5.97. The maximum atomic E-state index is 11.4. The first-order valence-corrected chi connectivity index (χ1v) is 4.95. The molecule has 0 radical (unpaired) electrons. The molecule has 2 rings (SSSR count). The third-order valence-electron chi connectivity index (χ3n) is 2.47. The Balaban J connectivity index is 2.32. The minimum Gasteiger partial charge on any atom is -0.479 e. The van der Waals surface area contributed by atoms with Gasteiger partial charge in [-0.2, -0.15) is 0 Å². The molecule has 1 heterocycles. The van der Waals surface area contributed by atoms with E-state index in [2.05, 4.69) is 10.7 Å². The maximum Gasteiger partial charge on any atom is 0.265 e. The van der Waals surface area contributed by atoms with Crippen molar-refractivity contribution in [1.29, 1.82) is 0 Å². The van der Waals surface area contributed by atoms with Crippen LogP contribution in [0.4, 0.5) is 5.69 Å². The van der Waals surface area contributed by atoms with Gasteiger partial charge in [-0.3, -0.25) is 10.6 Å². The van der Waals surface area contributed by atoms with Crippen molar-refractivity contribution in [2.75, 3.05) is 5.32 Å². The van der Waals surface area contributed by atoms with Crippen molar-refractivity contribution < 1.29 is 9.53 Å². The molecule has 0 saturated carbocycles. The van der Waals surface area contributed by atoms with E-state index < -0.39 is 12.3 Å². The molecule has 6 nitrogen and oxygen atoms in total. The molecule has 0 aliphatic carbocycles. The molecule has 2 atom stereocenters. The van der Waals surface area contributed by atoms with Gasteiger partial charge in [-0.25, -0.2) is 5.43 Å². The number of ether oxygens (including phenoxy) is 1. The smallest absolute Gasteiger partial charge is 0.265 e. The summed E-state index contributed by atoms with van der Waals surface area (Å²) in [5.74, 6) is 5.71. The second-order valence-corrected chi connectivity index (χ2v) is 3.65. The predicted molar refractivity (Wildman–Crippen MR) is 59.4 cm³/mol. The van der Waals surface area contributed by atoms with Gasteiger partial charge in [0, 0.05) is 0 Å². The number of rotatable bonds is 2. The van der Waals surface area contributed by atoms with Gasteiger partial charge in [-0.1, -0.05) is 6.07 Å². The first-order chi connectivity index (χ1) is 7.61. The van der Waals surface area contributed by atoms with E-state index in [0.29, 0.717) is 11.4 Å². The van der Waals surface area contributed by atoms with Gasteiger partial charge >= 0.3 is 0 Å². The number of amides is 1. The summed E-state index contributed by atoms with van der Waals surface area (Å²) in [7, 11) is 0. The van der Waals surface area contributed by atoms with Crippen LogP contribution in [0.2, 0.25) is 0 Å². The average Bonchev–Trinajstić information content (AvgIpc) is 2.29. The normalized spacial score (nSPS) is 20.7. The molecule has 0 spiro atoms. The van der Waals surface area contributed by atoms with Crippen LogP contribution < -0.4 is 27.1 Å². The zero-order chi connectivity index (χ0) is 11.7. The highest BCUT2D eigenvalue weighted by Crippen LogP contribution is 2.31. The lowest BCUT2D eigenvalue weighted by Gasteiger charge is -2.24. The topological polar surface area (TPSA) is 102 Å². The van der Waals surface area contributed by atoms with E-state index in [1.165, 1.54) is 0 Å². The number of fused-ring (bicyclic) bond motifs is 1. The number of carbonyl (C=O) groups excluding carboxylic acids is 1. The number of nitrogens with two attached hydrogens (primary N) is 2. The Morgan fingerprint density at radius 2 is 2.31 bits per heavy atom. The minimum atomic E-state index is -0.473. The fourth-order valence-corrected chi connectivity index (χ4v) is 1.52. The molecule has 16 heavy (non-hydrogen) atoms. The second-order valence-electron chi connectivity index (χ2n) is 3.65. The van der Waals surface area contributed by atoms with Crippen LogP contribution in [0.1, 0.15) is 18.7 Å². The molecule has 1 aliphatic heterocycles. The van der Waals surface area contributed by atoms with Gasteiger partial charge in [0.25, 0.3) is 5.91 Å². The van der Waals surface area contributed by atoms with E-state index in [0.717, 1.165) is 5.56 Å². The Morgan fingerprint density at radius 1 is 1.56 bits per heavy atom. The van der Waals surface area contributed by atoms with Crippen molar-refractivity contribution in [2.45, 2.75) is 19.2 Å². The molecule has 0 saturated heterocycles. The Hall–Kier alpha value is -1.63. The summed E-state index contributed by atoms with van der Waals surface area (Å²) in [6.07, 6.45) is -0.943. The van der Waals surface area contributed by atoms with E-state index in [-0.39, 0.29) is 5.91 Å². The number of benzene rings is 1. The number of nitrogens with one attached hydrogen (secondary N) is 2. The first-order valence-electron chi connectivity index (χ1n) is 4.95. The van der Waals surface area contributed by atoms with Crippen LogP contribution >= 0.6 is 0 Å². The SMILES string of the molecule is CC1Oc2ccc(C(N)NN)cc2NC1=O. The quantitative estimate of drug-likeness (QED) is 0.316. The molecular formula is C10H14N4O2. The van der Waals surface area contributed by atoms with Crippen LogP contribution in [0.3, 0.4) is 0 Å². The van der Waals surface area contributed by atoms with E-state index in [9.17, 15) is 4.79 Å². The van der Waals surface area contributed by atoms with Crippen molar-refractivity contribution in [3.63, 3.8) is 0 Å². The summed E-state index contributed by atoms with van der Waals surface area (Å²) >= 11 is 0. The Kier molecular flexibility index (Phi) is 2.78. The summed E-state index contributed by atoms with van der Waals surface area (Å²) in [6, 6.07) is 5.30. The van der Waals surface area contributed by atoms with Crippen LogP contribution in [0.5, 0.6) is 5.75 Å². The second kappa shape index (κ2) is 4.09. The summed E-state index contributed by atoms with van der Waals surface area (Å²) in [5.41, 5.74) is 9.53. The molecule has 1 aromatic rings. The summed E-state index contributed by atoms with van der Waals surface area (Å²) < 4.78 is 5.41. The van der Waals surface area contributed by atoms with Crippen molar-refractivity contribution in [3.8, 4) is 5.75 Å². The average molecular weight is 222 g/mol. The monoisotopic (exact) mass is 222 g/mol. The Labute approximate surface area is 92.9 Å². The predicted octanol–water partition coefficient (Wildman–Crippen LogP) is -0.173. The van der Waals surface area contributed by atoms with Gasteiger partial charge in [-0.05, 0) is 24.6 Å². The van der Waals surface area contributed by atoms with Crippen LogP contribution in [-0.4, -0.2) is 12.0 Å². The fourth-order valence-electron chi connectivity index (χ4n) is 1.52. The molecule has 1 aliphatic rings. The molecule has 1 aromatic carbocycles. The van der Waals surface area contributed by atoms with Crippen molar-refractivity contribution in [1.82, 2.24) is 5.43 Å². The van der Waals surface area contributed by atoms with Crippen LogP contribution in [0.15, 0.2) is 18.2 Å². The van der Waals surface area contributed by atoms with Gasteiger partial charge < -0.3 is 15.8 Å². The number of hydrogen-bond donors (Lipinski definition) is 4. The Bertz CT molecular complexity index is 421. The van der Waals surface area contributed by atoms with Gasteiger partial charge in [0.15, 0.2) is 6.10 Å². The number of carbonyl (C=O) groups is 1.